The molecule has 1 fully saturated rings. The third-order valence-corrected chi connectivity index (χ3v) is 3.70. The van der Waals surface area contributed by atoms with Crippen molar-refractivity contribution in [3.8, 4) is 0 Å². The van der Waals surface area contributed by atoms with Crippen LogP contribution in [-0.2, 0) is 0 Å². The molecule has 0 amide bonds. The fraction of sp³-hybridized carbons (Fsp3) is 0.533. The van der Waals surface area contributed by atoms with E-state index in [-0.39, 0.29) is 6.61 Å². The Morgan fingerprint density at radius 1 is 1.26 bits per heavy atom. The first kappa shape index (κ1) is 14.0. The predicted octanol–water partition coefficient (Wildman–Crippen LogP) is 1.31. The summed E-state index contributed by atoms with van der Waals surface area (Å²) in [5.41, 5.74) is 3.11. The molecule has 1 aliphatic rings. The van der Waals surface area contributed by atoms with Gasteiger partial charge in [0.25, 0.3) is 0 Å². The molecular formula is C15H22N2O2. The molecule has 0 aromatic heterocycles. The summed E-state index contributed by atoms with van der Waals surface area (Å²) in [5.74, 6) is 0. The second kappa shape index (κ2) is 6.68. The Hall–Kier alpha value is -1.39. The van der Waals surface area contributed by atoms with Crippen LogP contribution in [0.25, 0.3) is 0 Å². The third kappa shape index (κ3) is 3.55. The van der Waals surface area contributed by atoms with Crippen molar-refractivity contribution in [2.24, 2.45) is 0 Å². The van der Waals surface area contributed by atoms with Gasteiger partial charge in [-0.05, 0) is 43.7 Å². The number of carbonyl (C=O) groups excluding carboxylic acids is 1. The summed E-state index contributed by atoms with van der Waals surface area (Å²) >= 11 is 0. The summed E-state index contributed by atoms with van der Waals surface area (Å²) in [6, 6.07) is 5.87. The van der Waals surface area contributed by atoms with Crippen molar-refractivity contribution in [3.05, 3.63) is 29.3 Å². The Morgan fingerprint density at radius 2 is 2.11 bits per heavy atom. The summed E-state index contributed by atoms with van der Waals surface area (Å²) in [7, 11) is 0. The van der Waals surface area contributed by atoms with E-state index < -0.39 is 0 Å². The molecule has 104 valence electrons. The van der Waals surface area contributed by atoms with Gasteiger partial charge in [-0.15, -0.1) is 0 Å². The van der Waals surface area contributed by atoms with Gasteiger partial charge in [-0.25, -0.2) is 0 Å². The lowest BCUT2D eigenvalue weighted by Gasteiger charge is -2.25. The minimum atomic E-state index is 0.229. The van der Waals surface area contributed by atoms with Gasteiger partial charge in [-0.3, -0.25) is 9.69 Å². The van der Waals surface area contributed by atoms with Crippen molar-refractivity contribution in [1.82, 2.24) is 4.90 Å². The summed E-state index contributed by atoms with van der Waals surface area (Å²) in [5, 5.41) is 9.01. The van der Waals surface area contributed by atoms with Gasteiger partial charge < -0.3 is 10.0 Å². The van der Waals surface area contributed by atoms with Crippen molar-refractivity contribution in [1.29, 1.82) is 0 Å². The normalized spacial score (nSPS) is 17.3. The van der Waals surface area contributed by atoms with Gasteiger partial charge >= 0.3 is 0 Å². The van der Waals surface area contributed by atoms with Gasteiger partial charge in [0.05, 0.1) is 6.61 Å². The molecule has 0 bridgehead atoms. The average Bonchev–Trinajstić information content (AvgIpc) is 2.65. The highest BCUT2D eigenvalue weighted by Gasteiger charge is 2.16. The lowest BCUT2D eigenvalue weighted by atomic mass is 10.1. The molecule has 1 aromatic carbocycles. The topological polar surface area (TPSA) is 43.8 Å². The number of anilines is 1. The minimum Gasteiger partial charge on any atom is -0.395 e. The van der Waals surface area contributed by atoms with E-state index in [0.29, 0.717) is 0 Å². The Morgan fingerprint density at radius 3 is 2.79 bits per heavy atom. The molecule has 1 aromatic rings. The number of aldehydes is 1. The maximum absolute atomic E-state index is 10.8. The van der Waals surface area contributed by atoms with Gasteiger partial charge in [0.1, 0.15) is 6.29 Å². The van der Waals surface area contributed by atoms with Crippen LogP contribution in [-0.4, -0.2) is 55.6 Å². The number of β-amino-alcohol motifs (C(OH)–C–C–N with tert-alkyl or cyclic N) is 1. The van der Waals surface area contributed by atoms with E-state index in [9.17, 15) is 4.79 Å². The molecule has 4 heteroatoms. The van der Waals surface area contributed by atoms with Crippen LogP contribution in [0.1, 0.15) is 22.3 Å². The van der Waals surface area contributed by atoms with Crippen molar-refractivity contribution in [2.45, 2.75) is 13.3 Å². The molecular weight excluding hydrogens is 240 g/mol. The fourth-order valence-corrected chi connectivity index (χ4v) is 2.68. The highest BCUT2D eigenvalue weighted by molar-refractivity contribution is 5.77. The summed E-state index contributed by atoms with van der Waals surface area (Å²) < 4.78 is 0. The van der Waals surface area contributed by atoms with Gasteiger partial charge in [-0.1, -0.05) is 0 Å². The Kier molecular flexibility index (Phi) is 4.93. The molecule has 0 atom stereocenters. The monoisotopic (exact) mass is 262 g/mol. The van der Waals surface area contributed by atoms with Crippen molar-refractivity contribution in [3.63, 3.8) is 0 Å². The Labute approximate surface area is 114 Å². The van der Waals surface area contributed by atoms with Gasteiger partial charge in [-0.2, -0.15) is 0 Å². The maximum atomic E-state index is 10.8. The summed E-state index contributed by atoms with van der Waals surface area (Å²) in [6.45, 7) is 7.07. The van der Waals surface area contributed by atoms with Crippen LogP contribution in [0.4, 0.5) is 5.69 Å². The summed E-state index contributed by atoms with van der Waals surface area (Å²) in [6.07, 6.45) is 2.00. The van der Waals surface area contributed by atoms with Crippen LogP contribution in [0.3, 0.4) is 0 Å². The molecule has 0 aliphatic carbocycles. The minimum absolute atomic E-state index is 0.229. The number of aliphatic hydroxyl groups excluding tert-OH is 1. The van der Waals surface area contributed by atoms with Crippen LogP contribution in [0, 0.1) is 6.92 Å². The molecule has 1 saturated heterocycles. The van der Waals surface area contributed by atoms with E-state index in [1.165, 1.54) is 5.69 Å². The first-order valence-electron chi connectivity index (χ1n) is 6.88. The molecule has 4 nitrogen and oxygen atoms in total. The molecule has 0 unspecified atom stereocenters. The lowest BCUT2D eigenvalue weighted by molar-refractivity contribution is 0.112. The van der Waals surface area contributed by atoms with Crippen LogP contribution >= 0.6 is 0 Å². The van der Waals surface area contributed by atoms with E-state index in [1.807, 2.05) is 18.2 Å². The number of aliphatic hydroxyl groups is 1. The van der Waals surface area contributed by atoms with Crippen LogP contribution < -0.4 is 4.90 Å². The highest BCUT2D eigenvalue weighted by atomic mass is 16.3. The van der Waals surface area contributed by atoms with Crippen LogP contribution in [0.15, 0.2) is 18.2 Å². The predicted molar refractivity (Wildman–Crippen MR) is 76.9 cm³/mol. The second-order valence-electron chi connectivity index (χ2n) is 5.07. The lowest BCUT2D eigenvalue weighted by Crippen LogP contribution is -2.32. The molecule has 19 heavy (non-hydrogen) atoms. The third-order valence-electron chi connectivity index (χ3n) is 3.70. The fourth-order valence-electron chi connectivity index (χ4n) is 2.68. The number of hydrogen-bond donors (Lipinski definition) is 1. The number of nitrogens with zero attached hydrogens (tertiary/aromatic N) is 2. The van der Waals surface area contributed by atoms with Crippen LogP contribution in [0.2, 0.25) is 0 Å². The summed E-state index contributed by atoms with van der Waals surface area (Å²) in [4.78, 5) is 15.4. The largest absolute Gasteiger partial charge is 0.395 e. The molecule has 1 heterocycles. The quantitative estimate of drug-likeness (QED) is 0.831. The number of benzene rings is 1. The first-order chi connectivity index (χ1) is 9.24. The first-order valence-corrected chi connectivity index (χ1v) is 6.88. The van der Waals surface area contributed by atoms with E-state index in [1.54, 1.807) is 0 Å². The SMILES string of the molecule is Cc1cc(C=O)ccc1N1CCCN(CCO)CC1. The zero-order valence-electron chi connectivity index (χ0n) is 11.5. The number of aryl methyl sites for hydroxylation is 1. The van der Waals surface area contributed by atoms with E-state index in [4.69, 9.17) is 5.11 Å². The van der Waals surface area contributed by atoms with E-state index in [2.05, 4.69) is 16.7 Å². The molecule has 0 radical (unpaired) electrons. The number of carbonyl (C=O) groups is 1. The van der Waals surface area contributed by atoms with E-state index >= 15 is 0 Å². The smallest absolute Gasteiger partial charge is 0.150 e. The zero-order valence-corrected chi connectivity index (χ0v) is 11.5. The number of rotatable bonds is 4. The van der Waals surface area contributed by atoms with Gasteiger partial charge in [0.2, 0.25) is 0 Å². The van der Waals surface area contributed by atoms with Gasteiger partial charge in [0, 0.05) is 37.4 Å². The Balaban J connectivity index is 2.07. The highest BCUT2D eigenvalue weighted by Crippen LogP contribution is 2.22. The van der Waals surface area contributed by atoms with Crippen molar-refractivity contribution >= 4 is 12.0 Å². The molecule has 0 spiro atoms. The standard InChI is InChI=1S/C15H22N2O2/c1-13-11-14(12-19)3-4-15(13)17-6-2-5-16(7-8-17)9-10-18/h3-4,11-12,18H,2,5-10H2,1H3. The van der Waals surface area contributed by atoms with E-state index in [0.717, 1.165) is 56.6 Å². The maximum Gasteiger partial charge on any atom is 0.150 e. The molecule has 1 N–H and O–H groups in total. The second-order valence-corrected chi connectivity index (χ2v) is 5.07. The molecule has 0 saturated carbocycles. The van der Waals surface area contributed by atoms with Crippen molar-refractivity contribution in [2.75, 3.05) is 44.2 Å². The molecule has 1 aliphatic heterocycles. The van der Waals surface area contributed by atoms with Gasteiger partial charge in [0.15, 0.2) is 0 Å². The molecule has 2 rings (SSSR count). The van der Waals surface area contributed by atoms with Crippen LogP contribution in [0.5, 0.6) is 0 Å². The number of hydrogen-bond acceptors (Lipinski definition) is 4. The average molecular weight is 262 g/mol. The Bertz CT molecular complexity index is 434. The zero-order chi connectivity index (χ0) is 13.7. The van der Waals surface area contributed by atoms with Crippen molar-refractivity contribution < 1.29 is 9.90 Å².